The van der Waals surface area contributed by atoms with E-state index < -0.39 is 5.60 Å². The summed E-state index contributed by atoms with van der Waals surface area (Å²) in [5.74, 6) is 0.270. The molecule has 0 amide bonds. The van der Waals surface area contributed by atoms with Crippen LogP contribution in [0.1, 0.15) is 24.3 Å². The zero-order valence-corrected chi connectivity index (χ0v) is 13.0. The Morgan fingerprint density at radius 2 is 1.80 bits per heavy atom. The molecule has 0 aliphatic carbocycles. The fourth-order valence-corrected chi connectivity index (χ4v) is 3.31. The lowest BCUT2D eigenvalue weighted by atomic mass is 9.87. The van der Waals surface area contributed by atoms with E-state index in [2.05, 4.69) is 6.92 Å². The molecule has 1 aliphatic rings. The van der Waals surface area contributed by atoms with Gasteiger partial charge in [0.15, 0.2) is 5.60 Å². The van der Waals surface area contributed by atoms with Crippen LogP contribution < -0.4 is 0 Å². The molecule has 104 valence electrons. The van der Waals surface area contributed by atoms with Crippen molar-refractivity contribution < 1.29 is 4.74 Å². The van der Waals surface area contributed by atoms with Gasteiger partial charge < -0.3 is 4.74 Å². The Morgan fingerprint density at radius 1 is 1.10 bits per heavy atom. The van der Waals surface area contributed by atoms with Crippen LogP contribution in [0.5, 0.6) is 0 Å². The third-order valence-corrected chi connectivity index (χ3v) is 4.60. The first-order chi connectivity index (χ1) is 9.13. The van der Waals surface area contributed by atoms with E-state index in [-0.39, 0.29) is 18.3 Å². The molecule has 0 bridgehead atoms. The maximum atomic E-state index is 8.14. The van der Waals surface area contributed by atoms with Crippen LogP contribution in [0.4, 0.5) is 0 Å². The lowest BCUT2D eigenvalue weighted by molar-refractivity contribution is 0.127. The van der Waals surface area contributed by atoms with E-state index in [1.807, 2.05) is 54.8 Å². The topological polar surface area (TPSA) is 33.1 Å². The smallest absolute Gasteiger partial charge is 0.215 e. The van der Waals surface area contributed by atoms with Crippen LogP contribution in [0, 0.1) is 5.41 Å². The molecule has 2 nitrogen and oxygen atoms in total. The molecule has 0 saturated heterocycles. The van der Waals surface area contributed by atoms with Gasteiger partial charge >= 0.3 is 0 Å². The van der Waals surface area contributed by atoms with Crippen molar-refractivity contribution in [1.82, 2.24) is 0 Å². The monoisotopic (exact) mass is 305 g/mol. The summed E-state index contributed by atoms with van der Waals surface area (Å²) in [6.07, 6.45) is 0. The Balaban J connectivity index is 0.00000147. The molecule has 0 spiro atoms. The highest BCUT2D eigenvalue weighted by atomic mass is 35.5. The number of halogens is 1. The summed E-state index contributed by atoms with van der Waals surface area (Å²) >= 11 is 1.64. The standard InChI is InChI=1S/C16H15NOS.ClH/c1-11-14(13-9-6-10-19-13)15(17)18-16(11,2)12-7-4-3-5-8-12;/h3-10,17H,1-2H3;1H. The van der Waals surface area contributed by atoms with Crippen LogP contribution in [-0.4, -0.2) is 5.90 Å². The van der Waals surface area contributed by atoms with Crippen molar-refractivity contribution in [2.75, 3.05) is 0 Å². The molecule has 1 unspecified atom stereocenters. The van der Waals surface area contributed by atoms with Crippen LogP contribution in [0.2, 0.25) is 0 Å². The van der Waals surface area contributed by atoms with Gasteiger partial charge in [0.05, 0.1) is 5.57 Å². The fraction of sp³-hybridized carbons (Fsp3) is 0.188. The molecule has 2 heterocycles. The zero-order valence-electron chi connectivity index (χ0n) is 11.3. The largest absolute Gasteiger partial charge is 0.462 e. The lowest BCUT2D eigenvalue weighted by Crippen LogP contribution is -2.23. The van der Waals surface area contributed by atoms with Crippen molar-refractivity contribution in [2.45, 2.75) is 19.4 Å². The zero-order chi connectivity index (χ0) is 13.5. The molecule has 0 saturated carbocycles. The maximum absolute atomic E-state index is 8.14. The third-order valence-electron chi connectivity index (χ3n) is 3.72. The number of benzene rings is 1. The number of thiophene rings is 1. The summed E-state index contributed by atoms with van der Waals surface area (Å²) in [4.78, 5) is 1.10. The minimum atomic E-state index is -0.530. The molecule has 1 N–H and O–H groups in total. The van der Waals surface area contributed by atoms with Crippen molar-refractivity contribution in [1.29, 1.82) is 5.41 Å². The van der Waals surface area contributed by atoms with E-state index in [1.165, 1.54) is 0 Å². The molecule has 1 aromatic carbocycles. The predicted molar refractivity (Wildman–Crippen MR) is 86.8 cm³/mol. The van der Waals surface area contributed by atoms with E-state index >= 15 is 0 Å². The van der Waals surface area contributed by atoms with E-state index in [0.717, 1.165) is 21.6 Å². The molecule has 1 aliphatic heterocycles. The first-order valence-corrected chi connectivity index (χ1v) is 7.09. The molecule has 0 fully saturated rings. The van der Waals surface area contributed by atoms with Crippen LogP contribution in [0.3, 0.4) is 0 Å². The predicted octanol–water partition coefficient (Wildman–Crippen LogP) is 4.87. The van der Waals surface area contributed by atoms with Gasteiger partial charge in [0.25, 0.3) is 0 Å². The van der Waals surface area contributed by atoms with Crippen LogP contribution >= 0.6 is 23.7 Å². The van der Waals surface area contributed by atoms with Crippen LogP contribution in [-0.2, 0) is 10.3 Å². The maximum Gasteiger partial charge on any atom is 0.215 e. The van der Waals surface area contributed by atoms with E-state index in [1.54, 1.807) is 11.3 Å². The van der Waals surface area contributed by atoms with Crippen LogP contribution in [0.25, 0.3) is 5.57 Å². The quantitative estimate of drug-likeness (QED) is 0.844. The number of nitrogens with one attached hydrogen (secondary N) is 1. The highest BCUT2D eigenvalue weighted by molar-refractivity contribution is 7.11. The SMILES string of the molecule is CC1=C(c2cccs2)C(=N)OC1(C)c1ccccc1.Cl. The van der Waals surface area contributed by atoms with Gasteiger partial charge in [-0.25, -0.2) is 0 Å². The Morgan fingerprint density at radius 3 is 2.40 bits per heavy atom. The highest BCUT2D eigenvalue weighted by Crippen LogP contribution is 2.45. The average Bonchev–Trinajstić information content (AvgIpc) is 3.00. The summed E-state index contributed by atoms with van der Waals surface area (Å²) in [6, 6.07) is 14.1. The van der Waals surface area contributed by atoms with Crippen molar-refractivity contribution in [3.63, 3.8) is 0 Å². The number of hydrogen-bond acceptors (Lipinski definition) is 3. The highest BCUT2D eigenvalue weighted by Gasteiger charge is 2.41. The molecule has 1 atom stereocenters. The molecule has 0 radical (unpaired) electrons. The molecule has 2 aromatic rings. The first kappa shape index (κ1) is 14.8. The summed E-state index contributed by atoms with van der Waals surface area (Å²) < 4.78 is 5.90. The van der Waals surface area contributed by atoms with E-state index in [4.69, 9.17) is 10.1 Å². The van der Waals surface area contributed by atoms with Crippen LogP contribution in [0.15, 0.2) is 53.4 Å². The molecular formula is C16H16ClNOS. The molecule has 1 aromatic heterocycles. The van der Waals surface area contributed by atoms with Gasteiger partial charge in [-0.2, -0.15) is 0 Å². The minimum absolute atomic E-state index is 0. The van der Waals surface area contributed by atoms with E-state index in [9.17, 15) is 0 Å². The fourth-order valence-electron chi connectivity index (χ4n) is 2.49. The van der Waals surface area contributed by atoms with Crippen molar-refractivity contribution in [3.05, 3.63) is 63.9 Å². The van der Waals surface area contributed by atoms with Gasteiger partial charge in [0.2, 0.25) is 5.90 Å². The Hall–Kier alpha value is -1.58. The number of hydrogen-bond donors (Lipinski definition) is 1. The average molecular weight is 306 g/mol. The van der Waals surface area contributed by atoms with Gasteiger partial charge in [-0.05, 0) is 36.4 Å². The van der Waals surface area contributed by atoms with Gasteiger partial charge in [0.1, 0.15) is 0 Å². The van der Waals surface area contributed by atoms with Gasteiger partial charge in [0, 0.05) is 4.88 Å². The summed E-state index contributed by atoms with van der Waals surface area (Å²) in [5, 5.41) is 10.2. The van der Waals surface area contributed by atoms with Crippen molar-refractivity contribution in [2.24, 2.45) is 0 Å². The summed E-state index contributed by atoms with van der Waals surface area (Å²) in [7, 11) is 0. The second-order valence-corrected chi connectivity index (χ2v) is 5.76. The minimum Gasteiger partial charge on any atom is -0.462 e. The molecule has 3 rings (SSSR count). The summed E-state index contributed by atoms with van der Waals surface area (Å²) in [5.41, 5.74) is 2.59. The Kier molecular flexibility index (Phi) is 4.02. The Labute approximate surface area is 129 Å². The van der Waals surface area contributed by atoms with Gasteiger partial charge in [-0.3, -0.25) is 5.41 Å². The number of ether oxygens (including phenoxy) is 1. The van der Waals surface area contributed by atoms with Crippen molar-refractivity contribution in [3.8, 4) is 0 Å². The lowest BCUT2D eigenvalue weighted by Gasteiger charge is -2.26. The summed E-state index contributed by atoms with van der Waals surface area (Å²) in [6.45, 7) is 4.09. The second-order valence-electron chi connectivity index (χ2n) is 4.81. The third kappa shape index (κ3) is 2.17. The first-order valence-electron chi connectivity index (χ1n) is 6.21. The Bertz CT molecular complexity index is 648. The normalized spacial score (nSPS) is 21.6. The molecular weight excluding hydrogens is 290 g/mol. The second kappa shape index (κ2) is 5.43. The molecule has 20 heavy (non-hydrogen) atoms. The van der Waals surface area contributed by atoms with E-state index in [0.29, 0.717) is 0 Å². The number of rotatable bonds is 2. The van der Waals surface area contributed by atoms with Gasteiger partial charge in [-0.1, -0.05) is 36.4 Å². The van der Waals surface area contributed by atoms with Crippen molar-refractivity contribution >= 4 is 35.2 Å². The molecule has 4 heteroatoms. The van der Waals surface area contributed by atoms with Gasteiger partial charge in [-0.15, -0.1) is 23.7 Å².